The number of aromatic hydroxyl groups is 2. The number of cyclic esters (lactones) is 1. The summed E-state index contributed by atoms with van der Waals surface area (Å²) in [5.74, 6) is -1.39. The van der Waals surface area contributed by atoms with E-state index in [1.165, 1.54) is 6.07 Å². The van der Waals surface area contributed by atoms with Crippen LogP contribution in [0.2, 0.25) is 0 Å². The number of ether oxygens (including phenoxy) is 1. The number of hydrogen-bond acceptors (Lipinski definition) is 7. The maximum absolute atomic E-state index is 12.5. The van der Waals surface area contributed by atoms with Crippen LogP contribution < -0.4 is 5.48 Å². The van der Waals surface area contributed by atoms with Gasteiger partial charge in [-0.2, -0.15) is 0 Å². The predicted octanol–water partition coefficient (Wildman–Crippen LogP) is 3.04. The van der Waals surface area contributed by atoms with Gasteiger partial charge < -0.3 is 19.8 Å². The Balaban J connectivity index is 1.80. The Kier molecular flexibility index (Phi) is 8.12. The Labute approximate surface area is 181 Å². The number of rotatable bonds is 4. The van der Waals surface area contributed by atoms with E-state index < -0.39 is 5.97 Å². The first kappa shape index (κ1) is 22.4. The van der Waals surface area contributed by atoms with Crippen molar-refractivity contribution in [2.75, 3.05) is 26.3 Å². The second-order valence-electron chi connectivity index (χ2n) is 7.41. The normalized spacial score (nSPS) is 19.2. The Hall–Kier alpha value is -3.26. The number of carbonyl (C=O) groups is 2. The first-order chi connectivity index (χ1) is 15.0. The van der Waals surface area contributed by atoms with E-state index in [1.807, 2.05) is 12.2 Å². The summed E-state index contributed by atoms with van der Waals surface area (Å²) in [4.78, 5) is 32.0. The van der Waals surface area contributed by atoms with Crippen LogP contribution in [0.5, 0.6) is 11.5 Å². The maximum atomic E-state index is 12.5. The van der Waals surface area contributed by atoms with E-state index in [9.17, 15) is 19.8 Å². The van der Waals surface area contributed by atoms with Crippen LogP contribution in [0, 0.1) is 0 Å². The lowest BCUT2D eigenvalue weighted by Crippen LogP contribution is -2.39. The van der Waals surface area contributed by atoms with Crippen molar-refractivity contribution in [1.29, 1.82) is 0 Å². The van der Waals surface area contributed by atoms with Gasteiger partial charge in [-0.3, -0.25) is 15.1 Å². The number of nitrogens with one attached hydrogen (secondary N) is 1. The van der Waals surface area contributed by atoms with Crippen molar-refractivity contribution in [2.24, 2.45) is 0 Å². The third kappa shape index (κ3) is 6.62. The quantitative estimate of drug-likeness (QED) is 0.384. The third-order valence-electron chi connectivity index (χ3n) is 5.02. The molecule has 0 saturated carbocycles. The van der Waals surface area contributed by atoms with Gasteiger partial charge in [-0.15, -0.1) is 0 Å². The summed E-state index contributed by atoms with van der Waals surface area (Å²) in [6, 6.07) is 2.43. The highest BCUT2D eigenvalue weighted by atomic mass is 16.6. The number of amides is 1. The number of benzene rings is 1. The Bertz CT molecular complexity index is 884. The molecule has 1 fully saturated rings. The van der Waals surface area contributed by atoms with Crippen molar-refractivity contribution in [1.82, 2.24) is 10.4 Å². The van der Waals surface area contributed by atoms with Crippen molar-refractivity contribution in [3.63, 3.8) is 0 Å². The van der Waals surface area contributed by atoms with E-state index in [1.54, 1.807) is 23.1 Å². The molecule has 31 heavy (non-hydrogen) atoms. The van der Waals surface area contributed by atoms with Crippen molar-refractivity contribution in [3.8, 4) is 11.5 Å². The minimum atomic E-state index is -0.711. The van der Waals surface area contributed by atoms with E-state index in [2.05, 4.69) is 5.48 Å². The molecule has 0 aliphatic carbocycles. The molecule has 166 valence electrons. The Morgan fingerprint density at radius 1 is 1.10 bits per heavy atom. The number of fused-ring (bicyclic) bond motifs is 1. The minimum Gasteiger partial charge on any atom is -0.508 e. The molecule has 2 aliphatic rings. The number of carbonyl (C=O) groups excluding carboxylic acids is 2. The highest BCUT2D eigenvalue weighted by Crippen LogP contribution is 2.29. The summed E-state index contributed by atoms with van der Waals surface area (Å²) in [6.45, 7) is 1.44. The number of phenolic OH excluding ortho intramolecular Hbond substituents is 2. The molecule has 2 heterocycles. The monoisotopic (exact) mass is 428 g/mol. The molecular formula is C23H28N2O6. The summed E-state index contributed by atoms with van der Waals surface area (Å²) in [5.41, 5.74) is 3.39. The molecule has 8 heteroatoms. The van der Waals surface area contributed by atoms with Gasteiger partial charge in [0.2, 0.25) is 0 Å². The smallest absolute Gasteiger partial charge is 0.342 e. The van der Waals surface area contributed by atoms with Crippen molar-refractivity contribution >= 4 is 18.0 Å². The highest BCUT2D eigenvalue weighted by Gasteiger charge is 2.19. The van der Waals surface area contributed by atoms with E-state index >= 15 is 0 Å². The number of phenols is 2. The molecule has 1 saturated heterocycles. The van der Waals surface area contributed by atoms with Gasteiger partial charge in [0.25, 0.3) is 5.91 Å². The fraction of sp³-hybridized carbons (Fsp3) is 0.391. The van der Waals surface area contributed by atoms with Gasteiger partial charge in [0.15, 0.2) is 6.61 Å². The van der Waals surface area contributed by atoms with Crippen LogP contribution in [0.25, 0.3) is 6.08 Å². The molecule has 2 aliphatic heterocycles. The van der Waals surface area contributed by atoms with Crippen LogP contribution in [-0.2, 0) is 14.4 Å². The lowest BCUT2D eigenvalue weighted by atomic mass is 10.0. The van der Waals surface area contributed by atoms with Crippen LogP contribution >= 0.6 is 0 Å². The summed E-state index contributed by atoms with van der Waals surface area (Å²) in [5, 5.41) is 20.1. The molecule has 1 aromatic rings. The summed E-state index contributed by atoms with van der Waals surface area (Å²) >= 11 is 0. The van der Waals surface area contributed by atoms with Crippen LogP contribution in [0.15, 0.2) is 42.1 Å². The fourth-order valence-corrected chi connectivity index (χ4v) is 3.45. The Morgan fingerprint density at radius 3 is 2.68 bits per heavy atom. The van der Waals surface area contributed by atoms with E-state index in [-0.39, 0.29) is 41.7 Å². The summed E-state index contributed by atoms with van der Waals surface area (Å²) in [6.07, 6.45) is 13.5. The second-order valence-corrected chi connectivity index (χ2v) is 7.41. The van der Waals surface area contributed by atoms with Gasteiger partial charge in [0.1, 0.15) is 23.7 Å². The average Bonchev–Trinajstić information content (AvgIpc) is 2.76. The zero-order valence-corrected chi connectivity index (χ0v) is 17.4. The van der Waals surface area contributed by atoms with Gasteiger partial charge in [-0.05, 0) is 55.9 Å². The van der Waals surface area contributed by atoms with Crippen molar-refractivity contribution in [3.05, 3.63) is 53.3 Å². The lowest BCUT2D eigenvalue weighted by molar-refractivity contribution is -0.139. The van der Waals surface area contributed by atoms with Gasteiger partial charge in [-0.25, -0.2) is 4.79 Å². The Morgan fingerprint density at radius 2 is 1.87 bits per heavy atom. The molecule has 1 aromatic carbocycles. The number of piperidine rings is 1. The molecule has 3 N–H and O–H groups in total. The molecule has 3 rings (SSSR count). The molecule has 0 spiro atoms. The summed E-state index contributed by atoms with van der Waals surface area (Å²) < 4.78 is 5.20. The lowest BCUT2D eigenvalue weighted by Gasteiger charge is -2.26. The number of hydroxylamine groups is 1. The first-order valence-electron chi connectivity index (χ1n) is 10.5. The van der Waals surface area contributed by atoms with Crippen LogP contribution in [0.4, 0.5) is 0 Å². The van der Waals surface area contributed by atoms with Gasteiger partial charge >= 0.3 is 5.97 Å². The zero-order chi connectivity index (χ0) is 22.1. The van der Waals surface area contributed by atoms with E-state index in [4.69, 9.17) is 9.57 Å². The number of hydrogen-bond donors (Lipinski definition) is 3. The average molecular weight is 428 g/mol. The van der Waals surface area contributed by atoms with Crippen LogP contribution in [0.1, 0.15) is 48.0 Å². The van der Waals surface area contributed by atoms with Crippen LogP contribution in [0.3, 0.4) is 0 Å². The number of likely N-dealkylation sites (tertiary alicyclic amines) is 1. The SMILES string of the molecule is O=C1OCC=CCCC=C/C(NOCC(=O)N2CCCCC2)=C/c2cc(O)cc(O)c21. The van der Waals surface area contributed by atoms with Crippen molar-refractivity contribution < 1.29 is 29.4 Å². The third-order valence-corrected chi connectivity index (χ3v) is 5.02. The van der Waals surface area contributed by atoms with Crippen molar-refractivity contribution in [2.45, 2.75) is 32.1 Å². The molecule has 8 nitrogen and oxygen atoms in total. The molecule has 0 radical (unpaired) electrons. The van der Waals surface area contributed by atoms with Crippen LogP contribution in [-0.4, -0.2) is 53.3 Å². The van der Waals surface area contributed by atoms with E-state index in [0.29, 0.717) is 5.70 Å². The highest BCUT2D eigenvalue weighted by molar-refractivity contribution is 5.97. The van der Waals surface area contributed by atoms with Gasteiger partial charge in [0.05, 0.1) is 5.70 Å². The standard InChI is InChI=1S/C23H28N2O6/c26-19-14-17-13-18(24-31-16-21(28)25-10-6-4-7-11-25)9-5-2-1-3-8-12-30-23(29)22(17)20(27)15-19/h3,5,8-9,13-15,24,26-27H,1-2,4,6-7,10-12,16H2/b8-3?,9-5?,18-13-. The van der Waals surface area contributed by atoms with E-state index in [0.717, 1.165) is 51.3 Å². The minimum absolute atomic E-state index is 0.0671. The molecule has 1 amide bonds. The molecular weight excluding hydrogens is 400 g/mol. The second kappa shape index (κ2) is 11.2. The fourth-order valence-electron chi connectivity index (χ4n) is 3.45. The zero-order valence-electron chi connectivity index (χ0n) is 17.4. The number of nitrogens with zero attached hydrogens (tertiary/aromatic N) is 1. The van der Waals surface area contributed by atoms with Gasteiger partial charge in [-0.1, -0.05) is 18.2 Å². The first-order valence-corrected chi connectivity index (χ1v) is 10.5. The van der Waals surface area contributed by atoms with Gasteiger partial charge in [0, 0.05) is 19.2 Å². The summed E-state index contributed by atoms with van der Waals surface area (Å²) in [7, 11) is 0. The molecule has 0 aromatic heterocycles. The molecule has 0 atom stereocenters. The number of allylic oxidation sites excluding steroid dienone is 3. The maximum Gasteiger partial charge on any atom is 0.342 e. The molecule has 0 unspecified atom stereocenters. The molecule has 0 bridgehead atoms. The largest absolute Gasteiger partial charge is 0.508 e. The topological polar surface area (TPSA) is 108 Å². The number of esters is 1. The predicted molar refractivity (Wildman–Crippen MR) is 115 cm³/mol.